The molecule has 6 aromatic rings. The van der Waals surface area contributed by atoms with Gasteiger partial charge in [0.1, 0.15) is 0 Å². The Morgan fingerprint density at radius 1 is 0.714 bits per heavy atom. The molecule has 0 saturated carbocycles. The molecular weight excluding hydrogens is 461 g/mol. The van der Waals surface area contributed by atoms with E-state index >= 15 is 0 Å². The van der Waals surface area contributed by atoms with Crippen molar-refractivity contribution in [2.75, 3.05) is 0 Å². The Bertz CT molecular complexity index is 1740. The fraction of sp³-hybridized carbons (Fsp3) is 0.161. The van der Waals surface area contributed by atoms with Crippen molar-refractivity contribution in [1.29, 1.82) is 0 Å². The summed E-state index contributed by atoms with van der Waals surface area (Å²) < 4.78 is 2.62. The summed E-state index contributed by atoms with van der Waals surface area (Å²) in [6.07, 6.45) is 1.96. The maximum absolute atomic E-state index is 4.93. The van der Waals surface area contributed by atoms with Crippen LogP contribution in [0, 0.1) is 13.8 Å². The number of fused-ring (bicyclic) bond motifs is 4. The van der Waals surface area contributed by atoms with Crippen LogP contribution in [-0.4, -0.2) is 18.0 Å². The van der Waals surface area contributed by atoms with Crippen molar-refractivity contribution in [3.05, 3.63) is 90.4 Å². The molecular formula is C31H28N2SSi. The fourth-order valence-electron chi connectivity index (χ4n) is 5.05. The highest BCUT2D eigenvalue weighted by molar-refractivity contribution is 7.26. The van der Waals surface area contributed by atoms with Crippen LogP contribution in [0.1, 0.15) is 11.4 Å². The zero-order valence-electron chi connectivity index (χ0n) is 20.8. The first-order valence-electron chi connectivity index (χ1n) is 12.1. The molecule has 0 fully saturated rings. The van der Waals surface area contributed by atoms with Crippen molar-refractivity contribution in [2.45, 2.75) is 33.5 Å². The Labute approximate surface area is 211 Å². The minimum Gasteiger partial charge on any atom is -0.258 e. The van der Waals surface area contributed by atoms with Gasteiger partial charge in [-0.25, -0.2) is 0 Å². The number of benzene rings is 3. The second kappa shape index (κ2) is 8.11. The van der Waals surface area contributed by atoms with E-state index in [9.17, 15) is 0 Å². The predicted molar refractivity (Wildman–Crippen MR) is 156 cm³/mol. The summed E-state index contributed by atoms with van der Waals surface area (Å²) in [5, 5.41) is 6.61. The molecule has 3 aromatic carbocycles. The number of rotatable bonds is 3. The number of aryl methyl sites for hydroxylation is 2. The van der Waals surface area contributed by atoms with Crippen LogP contribution < -0.4 is 5.19 Å². The largest absolute Gasteiger partial charge is 0.258 e. The van der Waals surface area contributed by atoms with Crippen LogP contribution >= 0.6 is 11.3 Å². The lowest BCUT2D eigenvalue weighted by Crippen LogP contribution is -2.37. The molecule has 0 bridgehead atoms. The maximum Gasteiger partial charge on any atom is 0.0880 e. The molecule has 3 heterocycles. The highest BCUT2D eigenvalue weighted by atomic mass is 32.1. The van der Waals surface area contributed by atoms with Gasteiger partial charge in [-0.15, -0.1) is 11.3 Å². The molecule has 4 heteroatoms. The summed E-state index contributed by atoms with van der Waals surface area (Å²) in [6.45, 7) is 11.4. The molecule has 0 unspecified atom stereocenters. The summed E-state index contributed by atoms with van der Waals surface area (Å²) in [5.41, 5.74) is 6.74. The Morgan fingerprint density at radius 3 is 2.26 bits per heavy atom. The zero-order chi connectivity index (χ0) is 24.3. The van der Waals surface area contributed by atoms with Crippen LogP contribution in [0.2, 0.25) is 19.6 Å². The van der Waals surface area contributed by atoms with E-state index in [0.29, 0.717) is 0 Å². The third-order valence-corrected chi connectivity index (χ3v) is 10.0. The normalized spacial score (nSPS) is 12.1. The third kappa shape index (κ3) is 3.87. The molecule has 0 aliphatic heterocycles. The van der Waals surface area contributed by atoms with Gasteiger partial charge in [-0.05, 0) is 72.1 Å². The van der Waals surface area contributed by atoms with Gasteiger partial charge in [0.25, 0.3) is 0 Å². The second-order valence-electron chi connectivity index (χ2n) is 10.5. The molecule has 0 N–H and O–H groups in total. The Balaban J connectivity index is 1.63. The molecule has 172 valence electrons. The van der Waals surface area contributed by atoms with Crippen molar-refractivity contribution in [3.8, 4) is 22.4 Å². The lowest BCUT2D eigenvalue weighted by molar-refractivity contribution is 1.12. The predicted octanol–water partition coefficient (Wildman–Crippen LogP) is 8.49. The van der Waals surface area contributed by atoms with Crippen molar-refractivity contribution >= 4 is 55.5 Å². The first kappa shape index (κ1) is 22.1. The lowest BCUT2D eigenvalue weighted by Gasteiger charge is -2.16. The van der Waals surface area contributed by atoms with E-state index in [-0.39, 0.29) is 0 Å². The van der Waals surface area contributed by atoms with Crippen molar-refractivity contribution in [1.82, 2.24) is 9.97 Å². The smallest absolute Gasteiger partial charge is 0.0880 e. The van der Waals surface area contributed by atoms with Gasteiger partial charge in [0.15, 0.2) is 0 Å². The van der Waals surface area contributed by atoms with Crippen LogP contribution in [0.25, 0.3) is 53.3 Å². The minimum absolute atomic E-state index is 1.04. The van der Waals surface area contributed by atoms with E-state index in [2.05, 4.69) is 111 Å². The minimum atomic E-state index is -1.38. The molecule has 0 atom stereocenters. The van der Waals surface area contributed by atoms with Crippen molar-refractivity contribution in [3.63, 3.8) is 0 Å². The van der Waals surface area contributed by atoms with Crippen LogP contribution in [-0.2, 0) is 0 Å². The number of pyridine rings is 2. The SMILES string of the molecule is Cc1cc(-c2cc(-c3nccc4c3sc3cc([Si](C)(C)C)ccc34)cc3ccccc23)cc(C)n1. The standard InChI is InChI=1S/C31H28N2SSi/c1-19-14-22(15-20(2)33-19)28-17-23(16-21-8-6-7-9-25(21)28)30-31-27(12-13-32-30)26-11-10-24(35(3,4)5)18-29(26)34-31/h6-18H,1-5H3. The summed E-state index contributed by atoms with van der Waals surface area (Å²) >= 11 is 1.88. The Morgan fingerprint density at radius 2 is 1.49 bits per heavy atom. The number of nitrogens with zero attached hydrogens (tertiary/aromatic N) is 2. The first-order valence-corrected chi connectivity index (χ1v) is 16.4. The molecule has 0 radical (unpaired) electrons. The summed E-state index contributed by atoms with van der Waals surface area (Å²) in [7, 11) is -1.38. The van der Waals surface area contributed by atoms with Gasteiger partial charge < -0.3 is 0 Å². The van der Waals surface area contributed by atoms with Gasteiger partial charge >= 0.3 is 0 Å². The van der Waals surface area contributed by atoms with Gasteiger partial charge in [0, 0.05) is 38.6 Å². The quantitative estimate of drug-likeness (QED) is 0.233. The summed E-state index contributed by atoms with van der Waals surface area (Å²) in [4.78, 5) is 9.53. The molecule has 3 aromatic heterocycles. The Hall–Kier alpha value is -3.34. The van der Waals surface area contributed by atoms with Crippen molar-refractivity contribution in [2.24, 2.45) is 0 Å². The van der Waals surface area contributed by atoms with E-state index < -0.39 is 8.07 Å². The van der Waals surface area contributed by atoms with Gasteiger partial charge in [0.05, 0.1) is 18.5 Å². The molecule has 6 rings (SSSR count). The highest BCUT2D eigenvalue weighted by Gasteiger charge is 2.19. The molecule has 0 aliphatic carbocycles. The van der Waals surface area contributed by atoms with Gasteiger partial charge in [-0.2, -0.15) is 0 Å². The number of hydrogen-bond acceptors (Lipinski definition) is 3. The number of thiophene rings is 1. The van der Waals surface area contributed by atoms with E-state index in [0.717, 1.165) is 22.6 Å². The molecule has 0 saturated heterocycles. The monoisotopic (exact) mass is 488 g/mol. The van der Waals surface area contributed by atoms with E-state index in [4.69, 9.17) is 4.98 Å². The van der Waals surface area contributed by atoms with E-state index in [1.807, 2.05) is 17.5 Å². The van der Waals surface area contributed by atoms with E-state index in [1.54, 1.807) is 0 Å². The van der Waals surface area contributed by atoms with E-state index in [1.165, 1.54) is 47.3 Å². The average Bonchev–Trinajstić information content (AvgIpc) is 3.20. The molecule has 35 heavy (non-hydrogen) atoms. The zero-order valence-corrected chi connectivity index (χ0v) is 22.6. The third-order valence-electron chi connectivity index (χ3n) is 6.78. The average molecular weight is 489 g/mol. The summed E-state index contributed by atoms with van der Waals surface area (Å²) in [5.74, 6) is 0. The van der Waals surface area contributed by atoms with Crippen molar-refractivity contribution < 1.29 is 0 Å². The molecule has 2 nitrogen and oxygen atoms in total. The Kier molecular flexibility index (Phi) is 5.13. The van der Waals surface area contributed by atoms with Crippen LogP contribution in [0.15, 0.2) is 79.0 Å². The summed E-state index contributed by atoms with van der Waals surface area (Å²) in [6, 6.07) is 26.9. The highest BCUT2D eigenvalue weighted by Crippen LogP contribution is 2.41. The van der Waals surface area contributed by atoms with Crippen LogP contribution in [0.4, 0.5) is 0 Å². The van der Waals surface area contributed by atoms with Gasteiger partial charge in [-0.3, -0.25) is 9.97 Å². The van der Waals surface area contributed by atoms with Gasteiger partial charge in [-0.1, -0.05) is 61.2 Å². The fourth-order valence-corrected chi connectivity index (χ4v) is 7.57. The second-order valence-corrected chi connectivity index (χ2v) is 16.6. The molecule has 0 aliphatic rings. The van der Waals surface area contributed by atoms with Crippen LogP contribution in [0.5, 0.6) is 0 Å². The molecule has 0 amide bonds. The first-order chi connectivity index (χ1) is 16.8. The topological polar surface area (TPSA) is 25.8 Å². The number of aromatic nitrogens is 2. The van der Waals surface area contributed by atoms with Crippen LogP contribution in [0.3, 0.4) is 0 Å². The number of hydrogen-bond donors (Lipinski definition) is 0. The maximum atomic E-state index is 4.93. The van der Waals surface area contributed by atoms with Gasteiger partial charge in [0.2, 0.25) is 0 Å². The molecule has 0 spiro atoms. The lowest BCUT2D eigenvalue weighted by atomic mass is 9.94.